The van der Waals surface area contributed by atoms with Crippen molar-refractivity contribution in [1.29, 1.82) is 0 Å². The molecule has 2 aromatic carbocycles. The lowest BCUT2D eigenvalue weighted by molar-refractivity contribution is -0.116. The lowest BCUT2D eigenvalue weighted by atomic mass is 10.1. The second-order valence-corrected chi connectivity index (χ2v) is 9.63. The smallest absolute Gasteiger partial charge is 0.254 e. The van der Waals surface area contributed by atoms with Crippen LogP contribution in [0.4, 0.5) is 10.1 Å². The standard InChI is InChI=1S/C29H35FN4O3/c1-21(2)31-14-7-15-34(22(3)35)26-19-25(30)10-8-24(26)20-33(17-16-31)29(36)23-9-11-28(37-4)27(18-23)32-12-5-6-13-32/h5-6,8-13,18-19,21H,7,14-17,20H2,1-4H3. The van der Waals surface area contributed by atoms with Crippen molar-refractivity contribution < 1.29 is 18.7 Å². The molecule has 1 aromatic heterocycles. The van der Waals surface area contributed by atoms with E-state index in [1.165, 1.54) is 19.1 Å². The van der Waals surface area contributed by atoms with Gasteiger partial charge in [0.1, 0.15) is 11.6 Å². The summed E-state index contributed by atoms with van der Waals surface area (Å²) in [4.78, 5) is 32.3. The molecule has 1 aliphatic heterocycles. The number of fused-ring (bicyclic) bond motifs is 1. The number of rotatable bonds is 4. The molecule has 0 N–H and O–H groups in total. The third kappa shape index (κ3) is 6.02. The number of amides is 2. The summed E-state index contributed by atoms with van der Waals surface area (Å²) in [5.74, 6) is -0.0302. The highest BCUT2D eigenvalue weighted by Gasteiger charge is 2.25. The minimum Gasteiger partial charge on any atom is -0.495 e. The second kappa shape index (κ2) is 11.6. The molecule has 2 heterocycles. The molecule has 37 heavy (non-hydrogen) atoms. The Morgan fingerprint density at radius 3 is 2.38 bits per heavy atom. The highest BCUT2D eigenvalue weighted by molar-refractivity contribution is 5.96. The molecule has 0 spiro atoms. The highest BCUT2D eigenvalue weighted by atomic mass is 19.1. The van der Waals surface area contributed by atoms with Crippen LogP contribution in [0.25, 0.3) is 5.69 Å². The van der Waals surface area contributed by atoms with E-state index in [9.17, 15) is 14.0 Å². The van der Waals surface area contributed by atoms with Crippen LogP contribution in [0.3, 0.4) is 0 Å². The Labute approximate surface area is 218 Å². The Bertz CT molecular complexity index is 1240. The zero-order valence-corrected chi connectivity index (χ0v) is 22.0. The molecule has 1 aliphatic rings. The van der Waals surface area contributed by atoms with Crippen molar-refractivity contribution in [3.63, 3.8) is 0 Å². The van der Waals surface area contributed by atoms with Crippen molar-refractivity contribution in [3.05, 3.63) is 77.9 Å². The molecule has 0 saturated heterocycles. The van der Waals surface area contributed by atoms with E-state index in [2.05, 4.69) is 18.7 Å². The molecule has 7 nitrogen and oxygen atoms in total. The molecule has 4 rings (SSSR count). The molecule has 0 fully saturated rings. The number of anilines is 1. The number of benzene rings is 2. The lowest BCUT2D eigenvalue weighted by Gasteiger charge is -2.30. The Hall–Kier alpha value is -3.65. The van der Waals surface area contributed by atoms with Gasteiger partial charge in [0, 0.05) is 63.6 Å². The van der Waals surface area contributed by atoms with E-state index >= 15 is 0 Å². The van der Waals surface area contributed by atoms with Crippen LogP contribution in [0, 0.1) is 5.82 Å². The maximum Gasteiger partial charge on any atom is 0.254 e. The van der Waals surface area contributed by atoms with Crippen LogP contribution in [0.15, 0.2) is 60.9 Å². The van der Waals surface area contributed by atoms with Gasteiger partial charge in [-0.3, -0.25) is 14.5 Å². The SMILES string of the molecule is COc1ccc(C(=O)N2CCN(C(C)C)CCCN(C(C)=O)c3cc(F)ccc3C2)cc1-n1cccc1. The first-order chi connectivity index (χ1) is 17.8. The van der Waals surface area contributed by atoms with Crippen LogP contribution in [0.2, 0.25) is 0 Å². The van der Waals surface area contributed by atoms with E-state index in [-0.39, 0.29) is 24.4 Å². The molecule has 0 unspecified atom stereocenters. The normalized spacial score (nSPS) is 15.3. The van der Waals surface area contributed by atoms with Gasteiger partial charge in [0.15, 0.2) is 0 Å². The second-order valence-electron chi connectivity index (χ2n) is 9.63. The Morgan fingerprint density at radius 2 is 1.70 bits per heavy atom. The first kappa shape index (κ1) is 26.4. The van der Waals surface area contributed by atoms with Gasteiger partial charge in [0.25, 0.3) is 5.91 Å². The van der Waals surface area contributed by atoms with E-state index in [1.807, 2.05) is 35.2 Å². The molecule has 0 atom stereocenters. The van der Waals surface area contributed by atoms with Gasteiger partial charge in [-0.15, -0.1) is 0 Å². The molecule has 0 saturated carbocycles. The molecule has 0 radical (unpaired) electrons. The number of hydrogen-bond acceptors (Lipinski definition) is 4. The van der Waals surface area contributed by atoms with E-state index in [0.717, 1.165) is 24.2 Å². The predicted molar refractivity (Wildman–Crippen MR) is 143 cm³/mol. The maximum atomic E-state index is 14.3. The van der Waals surface area contributed by atoms with Gasteiger partial charge in [-0.2, -0.15) is 0 Å². The van der Waals surface area contributed by atoms with E-state index in [4.69, 9.17) is 4.74 Å². The van der Waals surface area contributed by atoms with Gasteiger partial charge in [-0.1, -0.05) is 6.07 Å². The molecule has 3 aromatic rings. The van der Waals surface area contributed by atoms with Crippen molar-refractivity contribution in [2.24, 2.45) is 0 Å². The van der Waals surface area contributed by atoms with Crippen LogP contribution < -0.4 is 9.64 Å². The minimum atomic E-state index is -0.409. The van der Waals surface area contributed by atoms with E-state index < -0.39 is 5.82 Å². The largest absolute Gasteiger partial charge is 0.495 e. The van der Waals surface area contributed by atoms with Crippen LogP contribution in [0.1, 0.15) is 43.1 Å². The molecule has 0 bridgehead atoms. The van der Waals surface area contributed by atoms with Gasteiger partial charge in [-0.25, -0.2) is 4.39 Å². The Balaban J connectivity index is 1.75. The topological polar surface area (TPSA) is 58.0 Å². The van der Waals surface area contributed by atoms with Gasteiger partial charge in [0.05, 0.1) is 18.5 Å². The average Bonchev–Trinajstić information content (AvgIpc) is 3.41. The fourth-order valence-electron chi connectivity index (χ4n) is 4.84. The zero-order valence-electron chi connectivity index (χ0n) is 22.0. The number of nitrogens with zero attached hydrogens (tertiary/aromatic N) is 4. The highest BCUT2D eigenvalue weighted by Crippen LogP contribution is 2.28. The number of aromatic nitrogens is 1. The summed E-state index contributed by atoms with van der Waals surface area (Å²) in [5.41, 5.74) is 2.56. The van der Waals surface area contributed by atoms with Crippen LogP contribution in [0.5, 0.6) is 5.75 Å². The maximum absolute atomic E-state index is 14.3. The third-order valence-electron chi connectivity index (χ3n) is 6.89. The van der Waals surface area contributed by atoms with Crippen LogP contribution in [-0.4, -0.2) is 65.5 Å². The molecule has 2 amide bonds. The Kier molecular flexibility index (Phi) is 8.28. The summed E-state index contributed by atoms with van der Waals surface area (Å²) in [7, 11) is 1.61. The minimum absolute atomic E-state index is 0.135. The fourth-order valence-corrected chi connectivity index (χ4v) is 4.84. The molecular formula is C29H35FN4O3. The average molecular weight is 507 g/mol. The number of ether oxygens (including phenoxy) is 1. The van der Waals surface area contributed by atoms with E-state index in [0.29, 0.717) is 36.6 Å². The molecule has 8 heteroatoms. The van der Waals surface area contributed by atoms with Gasteiger partial charge < -0.3 is 19.1 Å². The number of halogens is 1. The van der Waals surface area contributed by atoms with Gasteiger partial charge >= 0.3 is 0 Å². The summed E-state index contributed by atoms with van der Waals surface area (Å²) in [5, 5.41) is 0. The Morgan fingerprint density at radius 1 is 0.946 bits per heavy atom. The van der Waals surface area contributed by atoms with Gasteiger partial charge in [0.2, 0.25) is 5.91 Å². The fraction of sp³-hybridized carbons (Fsp3) is 0.379. The first-order valence-corrected chi connectivity index (χ1v) is 12.7. The number of methoxy groups -OCH3 is 1. The monoisotopic (exact) mass is 506 g/mol. The quantitative estimate of drug-likeness (QED) is 0.513. The predicted octanol–water partition coefficient (Wildman–Crippen LogP) is 4.73. The zero-order chi connectivity index (χ0) is 26.5. The van der Waals surface area contributed by atoms with Crippen molar-refractivity contribution in [2.75, 3.05) is 38.2 Å². The van der Waals surface area contributed by atoms with E-state index in [1.54, 1.807) is 35.1 Å². The van der Waals surface area contributed by atoms with Crippen molar-refractivity contribution >= 4 is 17.5 Å². The van der Waals surface area contributed by atoms with Crippen molar-refractivity contribution in [1.82, 2.24) is 14.4 Å². The first-order valence-electron chi connectivity index (χ1n) is 12.7. The summed E-state index contributed by atoms with van der Waals surface area (Å²) in [6.45, 7) is 8.47. The van der Waals surface area contributed by atoms with Gasteiger partial charge in [-0.05, 0) is 68.3 Å². The summed E-state index contributed by atoms with van der Waals surface area (Å²) < 4.78 is 21.8. The van der Waals surface area contributed by atoms with Crippen LogP contribution in [-0.2, 0) is 11.3 Å². The van der Waals surface area contributed by atoms with Crippen molar-refractivity contribution in [3.8, 4) is 11.4 Å². The van der Waals surface area contributed by atoms with Crippen molar-refractivity contribution in [2.45, 2.75) is 39.8 Å². The number of carbonyl (C=O) groups excluding carboxylic acids is 2. The number of hydrogen-bond donors (Lipinski definition) is 0. The van der Waals surface area contributed by atoms with Crippen LogP contribution >= 0.6 is 0 Å². The summed E-state index contributed by atoms with van der Waals surface area (Å²) >= 11 is 0. The molecular weight excluding hydrogens is 471 g/mol. The number of carbonyl (C=O) groups is 2. The summed E-state index contributed by atoms with van der Waals surface area (Å²) in [6, 6.07) is 14.0. The molecule has 0 aliphatic carbocycles. The molecule has 196 valence electrons. The summed E-state index contributed by atoms with van der Waals surface area (Å²) in [6.07, 6.45) is 4.56. The lowest BCUT2D eigenvalue weighted by Crippen LogP contribution is -2.41. The third-order valence-corrected chi connectivity index (χ3v) is 6.89.